The Hall–Kier alpha value is -2.04. The lowest BCUT2D eigenvalue weighted by molar-refractivity contribution is -0.137. The molecule has 0 bridgehead atoms. The topological polar surface area (TPSA) is 22.0 Å². The lowest BCUT2D eigenvalue weighted by Crippen LogP contribution is -2.25. The molecule has 0 atom stereocenters. The molecule has 1 heterocycles. The summed E-state index contributed by atoms with van der Waals surface area (Å²) in [6, 6.07) is 7.20. The fourth-order valence-corrected chi connectivity index (χ4v) is 2.41. The van der Waals surface area contributed by atoms with Gasteiger partial charge in [0, 0.05) is 17.2 Å². The number of aryl methyl sites for hydroxylation is 1. The third-order valence-electron chi connectivity index (χ3n) is 3.80. The molecule has 1 aromatic carbocycles. The molecule has 0 aliphatic rings. The molecule has 0 saturated heterocycles. The zero-order chi connectivity index (χ0) is 17.4. The largest absolute Gasteiger partial charge is 0.417 e. The highest BCUT2D eigenvalue weighted by Gasteiger charge is 2.34. The van der Waals surface area contributed by atoms with Gasteiger partial charge >= 0.3 is 6.18 Å². The number of halogens is 3. The number of nitrogens with zero attached hydrogens (tertiary/aromatic N) is 1. The molecule has 0 aliphatic heterocycles. The van der Waals surface area contributed by atoms with Crippen LogP contribution in [0.4, 0.5) is 13.2 Å². The van der Waals surface area contributed by atoms with Crippen LogP contribution in [0, 0.1) is 12.3 Å². The quantitative estimate of drug-likeness (QED) is 0.770. The van der Waals surface area contributed by atoms with Crippen LogP contribution in [0.2, 0.25) is 0 Å². The van der Waals surface area contributed by atoms with E-state index in [2.05, 4.69) is 0 Å². The summed E-state index contributed by atoms with van der Waals surface area (Å²) in [6.07, 6.45) is -2.77. The first-order valence-electron chi connectivity index (χ1n) is 7.37. The highest BCUT2D eigenvalue weighted by molar-refractivity contribution is 5.84. The maximum absolute atomic E-state index is 13.3. The lowest BCUT2D eigenvalue weighted by atomic mass is 9.90. The summed E-state index contributed by atoms with van der Waals surface area (Å²) in [5, 5.41) is 0. The molecule has 0 unspecified atom stereocenters. The maximum atomic E-state index is 13.3. The summed E-state index contributed by atoms with van der Waals surface area (Å²) < 4.78 is 41.4. The van der Waals surface area contributed by atoms with Crippen molar-refractivity contribution >= 4 is 5.78 Å². The summed E-state index contributed by atoms with van der Waals surface area (Å²) in [5.74, 6) is -0.0289. The molecule has 2 rings (SSSR count). The molecule has 2 nitrogen and oxygen atoms in total. The number of hydrogen-bond acceptors (Lipinski definition) is 1. The Morgan fingerprint density at radius 1 is 1.09 bits per heavy atom. The minimum Gasteiger partial charge on any atom is -0.340 e. The molecule has 0 radical (unpaired) electrons. The number of ketones is 1. The molecule has 124 valence electrons. The van der Waals surface area contributed by atoms with Crippen molar-refractivity contribution < 1.29 is 18.0 Å². The Labute approximate surface area is 133 Å². The third kappa shape index (κ3) is 3.66. The van der Waals surface area contributed by atoms with E-state index >= 15 is 0 Å². The molecule has 0 spiro atoms. The van der Waals surface area contributed by atoms with Gasteiger partial charge < -0.3 is 4.57 Å². The maximum Gasteiger partial charge on any atom is 0.417 e. The van der Waals surface area contributed by atoms with E-state index in [1.807, 2.05) is 0 Å². The second kappa shape index (κ2) is 5.87. The Morgan fingerprint density at radius 3 is 2.26 bits per heavy atom. The van der Waals surface area contributed by atoms with Crippen LogP contribution in [-0.2, 0) is 17.5 Å². The predicted octanol–water partition coefficient (Wildman–Crippen LogP) is 5.10. The first-order chi connectivity index (χ1) is 10.5. The second-order valence-corrected chi connectivity index (χ2v) is 6.69. The van der Waals surface area contributed by atoms with E-state index in [9.17, 15) is 18.0 Å². The fourth-order valence-electron chi connectivity index (χ4n) is 2.41. The van der Waals surface area contributed by atoms with Gasteiger partial charge in [-0.25, -0.2) is 0 Å². The summed E-state index contributed by atoms with van der Waals surface area (Å²) in [7, 11) is 0. The first kappa shape index (κ1) is 17.3. The summed E-state index contributed by atoms with van der Waals surface area (Å²) in [6.45, 7) is 7.21. The molecule has 0 amide bonds. The van der Waals surface area contributed by atoms with Crippen molar-refractivity contribution in [3.63, 3.8) is 0 Å². The Kier molecular flexibility index (Phi) is 4.42. The van der Waals surface area contributed by atoms with Crippen LogP contribution in [0.1, 0.15) is 31.9 Å². The van der Waals surface area contributed by atoms with Crippen LogP contribution in [0.25, 0.3) is 11.3 Å². The standard InChI is InChI=1S/C18H20F3NO/c1-12-9-10-22(11-15(23)17(2,3)4)16(12)13-7-5-6-8-14(13)18(19,20)21/h5-10H,11H2,1-4H3. The molecule has 2 aromatic rings. The number of rotatable bonds is 3. The van der Waals surface area contributed by atoms with Crippen LogP contribution in [0.15, 0.2) is 36.5 Å². The van der Waals surface area contributed by atoms with Crippen LogP contribution in [-0.4, -0.2) is 10.4 Å². The van der Waals surface area contributed by atoms with Gasteiger partial charge in [0.2, 0.25) is 0 Å². The van der Waals surface area contributed by atoms with Crippen molar-refractivity contribution in [2.24, 2.45) is 5.41 Å². The van der Waals surface area contributed by atoms with Gasteiger partial charge in [-0.3, -0.25) is 4.79 Å². The second-order valence-electron chi connectivity index (χ2n) is 6.69. The molecule has 23 heavy (non-hydrogen) atoms. The number of hydrogen-bond donors (Lipinski definition) is 0. The van der Waals surface area contributed by atoms with Crippen molar-refractivity contribution in [1.82, 2.24) is 4.57 Å². The monoisotopic (exact) mass is 323 g/mol. The first-order valence-corrected chi connectivity index (χ1v) is 7.37. The average Bonchev–Trinajstić information content (AvgIpc) is 2.77. The van der Waals surface area contributed by atoms with Crippen LogP contribution >= 0.6 is 0 Å². The number of alkyl halides is 3. The fraction of sp³-hybridized carbons (Fsp3) is 0.389. The van der Waals surface area contributed by atoms with Crippen LogP contribution in [0.5, 0.6) is 0 Å². The van der Waals surface area contributed by atoms with E-state index in [-0.39, 0.29) is 17.9 Å². The zero-order valence-corrected chi connectivity index (χ0v) is 13.7. The van der Waals surface area contributed by atoms with Crippen molar-refractivity contribution in [2.75, 3.05) is 0 Å². The minimum atomic E-state index is -4.44. The van der Waals surface area contributed by atoms with E-state index in [1.165, 1.54) is 12.1 Å². The van der Waals surface area contributed by atoms with Crippen molar-refractivity contribution in [2.45, 2.75) is 40.4 Å². The highest BCUT2D eigenvalue weighted by atomic mass is 19.4. The highest BCUT2D eigenvalue weighted by Crippen LogP contribution is 2.38. The van der Waals surface area contributed by atoms with Gasteiger partial charge in [-0.15, -0.1) is 0 Å². The molecule has 0 fully saturated rings. The molecule has 0 saturated carbocycles. The summed E-state index contributed by atoms with van der Waals surface area (Å²) in [5.41, 5.74) is 0.0216. The average molecular weight is 323 g/mol. The van der Waals surface area contributed by atoms with Crippen molar-refractivity contribution in [3.8, 4) is 11.3 Å². The Morgan fingerprint density at radius 2 is 1.70 bits per heavy atom. The van der Waals surface area contributed by atoms with Gasteiger partial charge in [0.15, 0.2) is 5.78 Å². The van der Waals surface area contributed by atoms with Gasteiger partial charge in [-0.1, -0.05) is 39.0 Å². The van der Waals surface area contributed by atoms with E-state index in [0.29, 0.717) is 11.3 Å². The zero-order valence-electron chi connectivity index (χ0n) is 13.7. The molecule has 0 N–H and O–H groups in total. The summed E-state index contributed by atoms with van der Waals surface area (Å²) >= 11 is 0. The SMILES string of the molecule is Cc1ccn(CC(=O)C(C)(C)C)c1-c1ccccc1C(F)(F)F. The number of aromatic nitrogens is 1. The van der Waals surface area contributed by atoms with Gasteiger partial charge in [0.25, 0.3) is 0 Å². The Balaban J connectivity index is 2.55. The number of carbonyl (C=O) groups is 1. The van der Waals surface area contributed by atoms with Gasteiger partial charge in [0.05, 0.1) is 17.8 Å². The minimum absolute atomic E-state index is 0.0289. The molecular formula is C18H20F3NO. The number of benzene rings is 1. The van der Waals surface area contributed by atoms with Crippen molar-refractivity contribution in [1.29, 1.82) is 0 Å². The van der Waals surface area contributed by atoms with Crippen LogP contribution < -0.4 is 0 Å². The molecular weight excluding hydrogens is 303 g/mol. The molecule has 5 heteroatoms. The van der Waals surface area contributed by atoms with Crippen LogP contribution in [0.3, 0.4) is 0 Å². The molecule has 1 aromatic heterocycles. The van der Waals surface area contributed by atoms with Gasteiger partial charge in [0.1, 0.15) is 0 Å². The van der Waals surface area contributed by atoms with E-state index < -0.39 is 17.2 Å². The van der Waals surface area contributed by atoms with E-state index in [0.717, 1.165) is 6.07 Å². The van der Waals surface area contributed by atoms with E-state index in [1.54, 1.807) is 50.6 Å². The lowest BCUT2D eigenvalue weighted by Gasteiger charge is -2.20. The van der Waals surface area contributed by atoms with Gasteiger partial charge in [-0.2, -0.15) is 13.2 Å². The number of Topliss-reactive ketones (excluding diaryl/α,β-unsaturated/α-hetero) is 1. The third-order valence-corrected chi connectivity index (χ3v) is 3.80. The number of carbonyl (C=O) groups excluding carboxylic acids is 1. The smallest absolute Gasteiger partial charge is 0.340 e. The summed E-state index contributed by atoms with van der Waals surface area (Å²) in [4.78, 5) is 12.3. The Bertz CT molecular complexity index is 721. The van der Waals surface area contributed by atoms with E-state index in [4.69, 9.17) is 0 Å². The van der Waals surface area contributed by atoms with Gasteiger partial charge in [-0.05, 0) is 24.6 Å². The predicted molar refractivity (Wildman–Crippen MR) is 84.1 cm³/mol. The molecule has 0 aliphatic carbocycles. The normalized spacial score (nSPS) is 12.5. The van der Waals surface area contributed by atoms with Crippen molar-refractivity contribution in [3.05, 3.63) is 47.7 Å².